The summed E-state index contributed by atoms with van der Waals surface area (Å²) in [4.78, 5) is 27.4. The van der Waals surface area contributed by atoms with Crippen LogP contribution in [0.5, 0.6) is 0 Å². The van der Waals surface area contributed by atoms with Gasteiger partial charge in [0.15, 0.2) is 17.7 Å². The van der Waals surface area contributed by atoms with Crippen LogP contribution in [0.15, 0.2) is 30.4 Å². The Morgan fingerprint density at radius 3 is 2.54 bits per heavy atom. The maximum absolute atomic E-state index is 13.6. The molecule has 35 heavy (non-hydrogen) atoms. The van der Waals surface area contributed by atoms with E-state index in [0.717, 1.165) is 18.6 Å². The Hall–Kier alpha value is -2.40. The molecule has 10 heteroatoms. The molecule has 1 aliphatic rings. The van der Waals surface area contributed by atoms with Crippen LogP contribution in [0.1, 0.15) is 45.1 Å². The second-order valence-electron chi connectivity index (χ2n) is 8.96. The number of hydrogen-bond donors (Lipinski definition) is 4. The number of hydrogen-bond acceptors (Lipinski definition) is 6. The molecule has 0 bridgehead atoms. The number of likely N-dealkylation sites (tertiary alicyclic amines) is 1. The molecule has 1 aromatic rings. The minimum Gasteiger partial charge on any atom is -0.387 e. The quantitative estimate of drug-likeness (QED) is 0.345. The van der Waals surface area contributed by atoms with Crippen molar-refractivity contribution in [2.75, 3.05) is 13.7 Å². The number of carbonyl (C=O) groups excluding carboxylic acids is 2. The van der Waals surface area contributed by atoms with Crippen LogP contribution in [0.4, 0.5) is 8.78 Å². The predicted molar refractivity (Wildman–Crippen MR) is 125 cm³/mol. The molecule has 0 saturated carbocycles. The number of aliphatic hydroxyl groups is 3. The number of rotatable bonds is 11. The third-order valence-electron chi connectivity index (χ3n) is 6.26. The monoisotopic (exact) mass is 498 g/mol. The number of carbonyl (C=O) groups is 2. The van der Waals surface area contributed by atoms with Gasteiger partial charge in [-0.1, -0.05) is 38.5 Å². The number of amides is 2. The third kappa shape index (κ3) is 8.06. The number of benzene rings is 1. The Morgan fingerprint density at radius 1 is 1.20 bits per heavy atom. The zero-order chi connectivity index (χ0) is 26.1. The van der Waals surface area contributed by atoms with E-state index in [1.165, 1.54) is 24.2 Å². The van der Waals surface area contributed by atoms with Crippen molar-refractivity contribution in [1.29, 1.82) is 0 Å². The topological polar surface area (TPSA) is 119 Å². The van der Waals surface area contributed by atoms with Crippen molar-refractivity contribution in [3.8, 4) is 0 Å². The smallest absolute Gasteiger partial charge is 0.252 e. The van der Waals surface area contributed by atoms with E-state index >= 15 is 0 Å². The molecule has 1 aromatic carbocycles. The van der Waals surface area contributed by atoms with Gasteiger partial charge < -0.3 is 30.3 Å². The lowest BCUT2D eigenvalue weighted by Crippen LogP contribution is -2.55. The summed E-state index contributed by atoms with van der Waals surface area (Å²) >= 11 is 0. The number of nitrogens with one attached hydrogen (secondary N) is 1. The number of allylic oxidation sites excluding steroid dienone is 1. The first kappa shape index (κ1) is 28.8. The molecule has 2 unspecified atom stereocenters. The van der Waals surface area contributed by atoms with Crippen LogP contribution >= 0.6 is 0 Å². The zero-order valence-electron chi connectivity index (χ0n) is 20.4. The van der Waals surface area contributed by atoms with Gasteiger partial charge in [0.05, 0.1) is 0 Å². The van der Waals surface area contributed by atoms with E-state index in [2.05, 4.69) is 5.32 Å². The Kier molecular flexibility index (Phi) is 11.2. The Morgan fingerprint density at radius 2 is 1.91 bits per heavy atom. The molecule has 4 N–H and O–H groups in total. The first-order valence-electron chi connectivity index (χ1n) is 11.9. The largest absolute Gasteiger partial charge is 0.387 e. The summed E-state index contributed by atoms with van der Waals surface area (Å²) in [5, 5.41) is 33.6. The molecule has 2 amide bonds. The standard InChI is InChI=1S/C25H36F2N2O6/c1-4-15(2)8-11-20(30)21(31)22(32)23(35-3)24(33)28-19-7-5-6-12-29(25(19)34)14-16-9-10-17(26)18(27)13-16/h8-11,13,15,19-23,30-32H,4-7,12,14H2,1-3H3,(H,28,33)/t15?,19?,20-,21+,22-,23-/m1/s1. The molecular weight excluding hydrogens is 462 g/mol. The lowest BCUT2D eigenvalue weighted by molar-refractivity contribution is -0.151. The molecule has 1 aliphatic heterocycles. The van der Waals surface area contributed by atoms with Crippen LogP contribution in [-0.4, -0.2) is 76.1 Å². The summed E-state index contributed by atoms with van der Waals surface area (Å²) < 4.78 is 31.9. The number of methoxy groups -OCH3 is 1. The van der Waals surface area contributed by atoms with Gasteiger partial charge in [-0.25, -0.2) is 8.78 Å². The van der Waals surface area contributed by atoms with Crippen molar-refractivity contribution in [1.82, 2.24) is 10.2 Å². The van der Waals surface area contributed by atoms with Crippen molar-refractivity contribution < 1.29 is 38.4 Å². The Labute approximate surface area is 204 Å². The van der Waals surface area contributed by atoms with Crippen LogP contribution in [0.2, 0.25) is 0 Å². The van der Waals surface area contributed by atoms with E-state index in [1.807, 2.05) is 13.8 Å². The van der Waals surface area contributed by atoms with Crippen molar-refractivity contribution in [3.05, 3.63) is 47.5 Å². The summed E-state index contributed by atoms with van der Waals surface area (Å²) in [6, 6.07) is 2.49. The molecule has 1 heterocycles. The van der Waals surface area contributed by atoms with E-state index in [0.29, 0.717) is 31.4 Å². The molecule has 6 atom stereocenters. The second-order valence-corrected chi connectivity index (χ2v) is 8.96. The maximum atomic E-state index is 13.6. The molecule has 8 nitrogen and oxygen atoms in total. The average Bonchev–Trinajstić information content (AvgIpc) is 3.00. The van der Waals surface area contributed by atoms with E-state index < -0.39 is 53.9 Å². The Bertz CT molecular complexity index is 884. The van der Waals surface area contributed by atoms with Gasteiger partial charge in [-0.15, -0.1) is 0 Å². The van der Waals surface area contributed by atoms with Gasteiger partial charge >= 0.3 is 0 Å². The third-order valence-corrected chi connectivity index (χ3v) is 6.26. The molecule has 2 rings (SSSR count). The summed E-state index contributed by atoms with van der Waals surface area (Å²) in [5.74, 6) is -3.04. The molecule has 196 valence electrons. The van der Waals surface area contributed by atoms with Gasteiger partial charge in [0.25, 0.3) is 5.91 Å². The number of ether oxygens (including phenoxy) is 1. The highest BCUT2D eigenvalue weighted by molar-refractivity contribution is 5.89. The van der Waals surface area contributed by atoms with Crippen LogP contribution in [0.25, 0.3) is 0 Å². The van der Waals surface area contributed by atoms with Gasteiger partial charge in [0.1, 0.15) is 24.4 Å². The SMILES string of the molecule is CCC(C)C=C[C@@H](O)[C@H](O)[C@@H](O)[C@@H](OC)C(=O)NC1CCCCN(Cc2ccc(F)c(F)c2)C1=O. The summed E-state index contributed by atoms with van der Waals surface area (Å²) in [6.45, 7) is 4.32. The van der Waals surface area contributed by atoms with Gasteiger partial charge in [-0.2, -0.15) is 0 Å². The molecule has 0 spiro atoms. The molecule has 0 aliphatic carbocycles. The second kappa shape index (κ2) is 13.6. The molecule has 0 radical (unpaired) electrons. The number of nitrogens with zero attached hydrogens (tertiary/aromatic N) is 1. The number of aliphatic hydroxyl groups excluding tert-OH is 3. The molecular formula is C25H36F2N2O6. The molecule has 0 aromatic heterocycles. The first-order valence-corrected chi connectivity index (χ1v) is 11.9. The average molecular weight is 499 g/mol. The van der Waals surface area contributed by atoms with E-state index in [9.17, 15) is 33.7 Å². The minimum absolute atomic E-state index is 0.0478. The van der Waals surface area contributed by atoms with Crippen molar-refractivity contribution in [2.24, 2.45) is 5.92 Å². The minimum atomic E-state index is -1.75. The highest BCUT2D eigenvalue weighted by Gasteiger charge is 2.37. The van der Waals surface area contributed by atoms with Gasteiger partial charge in [0, 0.05) is 20.2 Å². The number of halogens is 2. The summed E-state index contributed by atoms with van der Waals surface area (Å²) in [7, 11) is 1.17. The van der Waals surface area contributed by atoms with Gasteiger partial charge in [-0.3, -0.25) is 9.59 Å². The first-order chi connectivity index (χ1) is 16.6. The van der Waals surface area contributed by atoms with Crippen LogP contribution < -0.4 is 5.32 Å². The molecule has 1 saturated heterocycles. The van der Waals surface area contributed by atoms with Gasteiger partial charge in [-0.05, 0) is 42.9 Å². The van der Waals surface area contributed by atoms with Crippen molar-refractivity contribution in [3.63, 3.8) is 0 Å². The van der Waals surface area contributed by atoms with Crippen LogP contribution in [0.3, 0.4) is 0 Å². The summed E-state index contributed by atoms with van der Waals surface area (Å²) in [5.41, 5.74) is 0.414. The summed E-state index contributed by atoms with van der Waals surface area (Å²) in [6.07, 6.45) is -0.883. The molecule has 1 fully saturated rings. The zero-order valence-corrected chi connectivity index (χ0v) is 20.4. The lowest BCUT2D eigenvalue weighted by Gasteiger charge is -2.29. The lowest BCUT2D eigenvalue weighted by atomic mass is 9.99. The van der Waals surface area contributed by atoms with Crippen LogP contribution in [-0.2, 0) is 20.9 Å². The fourth-order valence-corrected chi connectivity index (χ4v) is 3.84. The van der Waals surface area contributed by atoms with E-state index in [1.54, 1.807) is 6.08 Å². The van der Waals surface area contributed by atoms with Crippen LogP contribution in [0, 0.1) is 17.6 Å². The Balaban J connectivity index is 2.06. The van der Waals surface area contributed by atoms with Crippen molar-refractivity contribution >= 4 is 11.8 Å². The van der Waals surface area contributed by atoms with Crippen molar-refractivity contribution in [2.45, 2.75) is 76.5 Å². The normalized spacial score (nSPS) is 21.3. The fourth-order valence-electron chi connectivity index (χ4n) is 3.84. The van der Waals surface area contributed by atoms with E-state index in [4.69, 9.17) is 4.74 Å². The fraction of sp³-hybridized carbons (Fsp3) is 0.600. The highest BCUT2D eigenvalue weighted by atomic mass is 19.2. The van der Waals surface area contributed by atoms with E-state index in [-0.39, 0.29) is 12.5 Å². The maximum Gasteiger partial charge on any atom is 0.252 e. The van der Waals surface area contributed by atoms with Gasteiger partial charge in [0.2, 0.25) is 5.91 Å². The predicted octanol–water partition coefficient (Wildman–Crippen LogP) is 1.66. The highest BCUT2D eigenvalue weighted by Crippen LogP contribution is 2.18.